The highest BCUT2D eigenvalue weighted by atomic mass is 32.2. The van der Waals surface area contributed by atoms with Gasteiger partial charge in [0.2, 0.25) is 0 Å². The van der Waals surface area contributed by atoms with Crippen LogP contribution in [-0.2, 0) is 25.7 Å². The summed E-state index contributed by atoms with van der Waals surface area (Å²) in [6.07, 6.45) is -2.86. The number of carbonyl (C=O) groups is 1. The second-order valence-electron chi connectivity index (χ2n) is 10.1. The molecule has 1 aromatic heterocycles. The van der Waals surface area contributed by atoms with Crippen molar-refractivity contribution in [1.82, 2.24) is 9.88 Å². The molecule has 2 aromatic carbocycles. The van der Waals surface area contributed by atoms with Crippen LogP contribution in [0.15, 0.2) is 65.7 Å². The summed E-state index contributed by atoms with van der Waals surface area (Å²) < 4.78 is 80.1. The van der Waals surface area contributed by atoms with Crippen LogP contribution in [0.4, 0.5) is 24.7 Å². The number of hydrogen-bond acceptors (Lipinski definition) is 8. The number of ether oxygens (including phenoxy) is 2. The molecule has 0 unspecified atom stereocenters. The predicted molar refractivity (Wildman–Crippen MR) is 151 cm³/mol. The zero-order valence-corrected chi connectivity index (χ0v) is 24.0. The normalized spacial score (nSPS) is 17.4. The number of pyridine rings is 1. The molecular weight excluding hydrogens is 573 g/mol. The van der Waals surface area contributed by atoms with Gasteiger partial charge in [0.15, 0.2) is 5.82 Å². The zero-order chi connectivity index (χ0) is 30.1. The number of benzene rings is 2. The second kappa shape index (κ2) is 11.8. The maximum atomic E-state index is 14.0. The first kappa shape index (κ1) is 29.6. The number of esters is 1. The number of alkyl halides is 3. The topological polar surface area (TPSA) is 92.3 Å². The number of halogens is 3. The molecule has 1 fully saturated rings. The van der Waals surface area contributed by atoms with E-state index in [0.29, 0.717) is 56.0 Å². The molecule has 0 amide bonds. The van der Waals surface area contributed by atoms with E-state index in [4.69, 9.17) is 9.47 Å². The molecule has 42 heavy (non-hydrogen) atoms. The van der Waals surface area contributed by atoms with Crippen molar-refractivity contribution in [3.05, 3.63) is 66.4 Å². The van der Waals surface area contributed by atoms with Gasteiger partial charge in [0.05, 0.1) is 48.9 Å². The van der Waals surface area contributed by atoms with Gasteiger partial charge in [-0.3, -0.25) is 14.0 Å². The third-order valence-corrected chi connectivity index (χ3v) is 9.19. The van der Waals surface area contributed by atoms with Crippen LogP contribution < -0.4 is 13.9 Å². The second-order valence-corrected chi connectivity index (χ2v) is 11.9. The average Bonchev–Trinajstić information content (AvgIpc) is 2.99. The maximum absolute atomic E-state index is 14.0. The Morgan fingerprint density at radius 3 is 2.57 bits per heavy atom. The fraction of sp³-hybridized carbons (Fsp3) is 0.379. The Morgan fingerprint density at radius 1 is 1.05 bits per heavy atom. The van der Waals surface area contributed by atoms with Crippen LogP contribution in [0.1, 0.15) is 18.9 Å². The number of fused-ring (bicyclic) bond motifs is 3. The molecule has 2 aliphatic rings. The van der Waals surface area contributed by atoms with E-state index in [9.17, 15) is 26.4 Å². The Bertz CT molecular complexity index is 1570. The lowest BCUT2D eigenvalue weighted by molar-refractivity contribution is -0.141. The summed E-state index contributed by atoms with van der Waals surface area (Å²) in [4.78, 5) is 20.0. The number of hydrogen-bond donors (Lipinski definition) is 0. The van der Waals surface area contributed by atoms with Crippen molar-refractivity contribution in [2.75, 3.05) is 55.6 Å². The summed E-state index contributed by atoms with van der Waals surface area (Å²) >= 11 is 0. The number of aromatic nitrogens is 1. The molecule has 224 valence electrons. The number of piperazine rings is 1. The minimum atomic E-state index is -4.70. The highest BCUT2D eigenvalue weighted by Crippen LogP contribution is 2.41. The van der Waals surface area contributed by atoms with Gasteiger partial charge in [0.25, 0.3) is 10.0 Å². The Kier molecular flexibility index (Phi) is 8.33. The zero-order valence-electron chi connectivity index (χ0n) is 23.2. The summed E-state index contributed by atoms with van der Waals surface area (Å²) in [6.45, 7) is 4.36. The van der Waals surface area contributed by atoms with Gasteiger partial charge in [-0.2, -0.15) is 13.2 Å². The van der Waals surface area contributed by atoms with Gasteiger partial charge < -0.3 is 14.4 Å². The summed E-state index contributed by atoms with van der Waals surface area (Å²) in [5.74, 6) is 0.728. The smallest absolute Gasteiger partial charge is 0.416 e. The van der Waals surface area contributed by atoms with Crippen LogP contribution in [0.2, 0.25) is 0 Å². The van der Waals surface area contributed by atoms with Gasteiger partial charge in [0, 0.05) is 37.9 Å². The van der Waals surface area contributed by atoms with E-state index in [2.05, 4.69) is 4.98 Å². The average molecular weight is 605 g/mol. The molecule has 1 atom stereocenters. The molecule has 9 nitrogen and oxygen atoms in total. The third-order valence-electron chi connectivity index (χ3n) is 7.42. The first-order valence-electron chi connectivity index (χ1n) is 13.5. The Labute approximate surface area is 242 Å². The van der Waals surface area contributed by atoms with Crippen molar-refractivity contribution in [3.8, 4) is 16.9 Å². The summed E-state index contributed by atoms with van der Waals surface area (Å²) in [7, 11) is -3.10. The molecule has 0 aliphatic carbocycles. The van der Waals surface area contributed by atoms with Crippen molar-refractivity contribution in [3.63, 3.8) is 0 Å². The Morgan fingerprint density at radius 2 is 1.83 bits per heavy atom. The lowest BCUT2D eigenvalue weighted by Gasteiger charge is -2.48. The molecule has 0 saturated carbocycles. The van der Waals surface area contributed by atoms with E-state index in [-0.39, 0.29) is 30.7 Å². The van der Waals surface area contributed by atoms with Crippen molar-refractivity contribution in [1.29, 1.82) is 0 Å². The fourth-order valence-electron chi connectivity index (χ4n) is 5.33. The molecule has 2 aliphatic heterocycles. The highest BCUT2D eigenvalue weighted by Gasteiger charge is 2.41. The number of methoxy groups -OCH3 is 1. The largest absolute Gasteiger partial charge is 0.494 e. The molecule has 0 bridgehead atoms. The molecule has 3 aromatic rings. The van der Waals surface area contributed by atoms with Gasteiger partial charge in [-0.1, -0.05) is 18.2 Å². The van der Waals surface area contributed by atoms with Crippen LogP contribution >= 0.6 is 0 Å². The summed E-state index contributed by atoms with van der Waals surface area (Å²) in [5.41, 5.74) is 0.622. The van der Waals surface area contributed by atoms with Gasteiger partial charge >= 0.3 is 12.1 Å². The molecular formula is C29H31F3N4O5S. The van der Waals surface area contributed by atoms with Gasteiger partial charge in [-0.25, -0.2) is 13.4 Å². The van der Waals surface area contributed by atoms with Gasteiger partial charge in [-0.15, -0.1) is 0 Å². The van der Waals surface area contributed by atoms with Crippen LogP contribution in [0.5, 0.6) is 5.75 Å². The predicted octanol–water partition coefficient (Wildman–Crippen LogP) is 4.43. The summed E-state index contributed by atoms with van der Waals surface area (Å²) in [6, 6.07) is 12.4. The van der Waals surface area contributed by atoms with Crippen LogP contribution in [0.25, 0.3) is 11.1 Å². The first-order chi connectivity index (χ1) is 20.0. The van der Waals surface area contributed by atoms with Crippen molar-refractivity contribution in [2.24, 2.45) is 0 Å². The standard InChI is InChI=1S/C29H31F3N4O5S/c1-3-41-24-8-4-6-20(14-24)21-15-26-28(33-17-21)35-13-12-34(11-10-27(37)40-2)18-23(35)19-36(26)42(38,39)25-9-5-7-22(16-25)29(30,31)32/h4-9,14-17,23H,3,10-13,18-19H2,1-2H3/t23-/m0/s1. The molecule has 0 spiro atoms. The van der Waals surface area contributed by atoms with E-state index < -0.39 is 26.7 Å². The first-order valence-corrected chi connectivity index (χ1v) is 14.9. The van der Waals surface area contributed by atoms with E-state index in [1.165, 1.54) is 13.2 Å². The minimum Gasteiger partial charge on any atom is -0.494 e. The van der Waals surface area contributed by atoms with Crippen LogP contribution in [0, 0.1) is 0 Å². The number of sulfonamides is 1. The number of nitrogens with zero attached hydrogens (tertiary/aromatic N) is 4. The SMILES string of the molecule is CCOc1cccc(-c2cnc3c(c2)N(S(=O)(=O)c2cccc(C(F)(F)F)c2)C[C@@H]2CN(CCC(=O)OC)CCN32)c1. The minimum absolute atomic E-state index is 0.00950. The maximum Gasteiger partial charge on any atom is 0.416 e. The Balaban J connectivity index is 1.56. The molecule has 3 heterocycles. The van der Waals surface area contributed by atoms with Crippen LogP contribution in [0.3, 0.4) is 0 Å². The van der Waals surface area contributed by atoms with E-state index in [1.807, 2.05) is 41.0 Å². The van der Waals surface area contributed by atoms with Crippen molar-refractivity contribution < 1.29 is 35.9 Å². The molecule has 5 rings (SSSR count). The van der Waals surface area contributed by atoms with E-state index in [1.54, 1.807) is 12.3 Å². The van der Waals surface area contributed by atoms with Crippen molar-refractivity contribution >= 4 is 27.5 Å². The quantitative estimate of drug-likeness (QED) is 0.349. The Hall–Kier alpha value is -3.84. The van der Waals surface area contributed by atoms with E-state index in [0.717, 1.165) is 22.0 Å². The number of rotatable bonds is 8. The third kappa shape index (κ3) is 6.02. The number of carbonyl (C=O) groups excluding carboxylic acids is 1. The molecule has 1 saturated heterocycles. The van der Waals surface area contributed by atoms with Crippen molar-refractivity contribution in [2.45, 2.75) is 30.5 Å². The van der Waals surface area contributed by atoms with Crippen LogP contribution in [-0.4, -0.2) is 76.8 Å². The molecule has 0 radical (unpaired) electrons. The van der Waals surface area contributed by atoms with Gasteiger partial charge in [-0.05, 0) is 48.9 Å². The monoisotopic (exact) mass is 604 g/mol. The lowest BCUT2D eigenvalue weighted by atomic mass is 10.0. The molecule has 13 heteroatoms. The number of anilines is 2. The fourth-order valence-corrected chi connectivity index (χ4v) is 6.87. The van der Waals surface area contributed by atoms with Gasteiger partial charge in [0.1, 0.15) is 5.75 Å². The summed E-state index contributed by atoms with van der Waals surface area (Å²) in [5, 5.41) is 0. The molecule has 0 N–H and O–H groups in total. The lowest BCUT2D eigenvalue weighted by Crippen LogP contribution is -2.61. The highest BCUT2D eigenvalue weighted by molar-refractivity contribution is 7.92. The van der Waals surface area contributed by atoms with E-state index >= 15 is 0 Å².